The number of rotatable bonds is 3. The van der Waals surface area contributed by atoms with Gasteiger partial charge in [0.05, 0.1) is 0 Å². The summed E-state index contributed by atoms with van der Waals surface area (Å²) in [4.78, 5) is 2.75. The fraction of sp³-hybridized carbons (Fsp3) is 1.00. The maximum atomic E-state index is 5.65. The van der Waals surface area contributed by atoms with Crippen molar-refractivity contribution in [2.24, 2.45) is 11.7 Å². The van der Waals surface area contributed by atoms with Gasteiger partial charge in [0.25, 0.3) is 0 Å². The molecule has 0 aromatic rings. The van der Waals surface area contributed by atoms with E-state index in [1.807, 2.05) is 0 Å². The maximum absolute atomic E-state index is 5.65. The molecule has 1 saturated heterocycles. The highest BCUT2D eigenvalue weighted by Gasteiger charge is 2.41. The zero-order valence-corrected chi connectivity index (χ0v) is 9.63. The van der Waals surface area contributed by atoms with Gasteiger partial charge in [-0.3, -0.25) is 4.90 Å². The zero-order chi connectivity index (χ0) is 10.2. The van der Waals surface area contributed by atoms with Gasteiger partial charge in [-0.2, -0.15) is 0 Å². The molecule has 1 saturated carbocycles. The summed E-state index contributed by atoms with van der Waals surface area (Å²) < 4.78 is 0. The van der Waals surface area contributed by atoms with Crippen LogP contribution >= 0.6 is 0 Å². The first-order valence-electron chi connectivity index (χ1n) is 6.10. The third-order valence-corrected chi connectivity index (χ3v) is 3.96. The highest BCUT2D eigenvalue weighted by molar-refractivity contribution is 4.97. The molecule has 1 aliphatic carbocycles. The van der Waals surface area contributed by atoms with Gasteiger partial charge < -0.3 is 5.73 Å². The summed E-state index contributed by atoms with van der Waals surface area (Å²) in [7, 11) is 0. The molecule has 1 unspecified atom stereocenters. The van der Waals surface area contributed by atoms with Crippen LogP contribution < -0.4 is 5.73 Å². The first-order chi connectivity index (χ1) is 6.63. The molecule has 2 nitrogen and oxygen atoms in total. The van der Waals surface area contributed by atoms with Crippen molar-refractivity contribution in [2.75, 3.05) is 13.1 Å². The van der Waals surface area contributed by atoms with Crippen molar-refractivity contribution in [1.29, 1.82) is 0 Å². The summed E-state index contributed by atoms with van der Waals surface area (Å²) in [5.41, 5.74) is 6.10. The van der Waals surface area contributed by atoms with E-state index in [1.165, 1.54) is 38.6 Å². The maximum Gasteiger partial charge on any atom is 0.0156 e. The van der Waals surface area contributed by atoms with Crippen molar-refractivity contribution in [3.8, 4) is 0 Å². The molecular weight excluding hydrogens is 172 g/mol. The zero-order valence-electron chi connectivity index (χ0n) is 9.63. The Balaban J connectivity index is 1.95. The number of nitrogens with zero attached hydrogens (tertiary/aromatic N) is 1. The van der Waals surface area contributed by atoms with Crippen LogP contribution in [0, 0.1) is 5.92 Å². The summed E-state index contributed by atoms with van der Waals surface area (Å²) in [6.45, 7) is 6.98. The second kappa shape index (κ2) is 3.82. The number of hydrogen-bond acceptors (Lipinski definition) is 2. The van der Waals surface area contributed by atoms with E-state index in [2.05, 4.69) is 18.7 Å². The minimum atomic E-state index is 0.451. The quantitative estimate of drug-likeness (QED) is 0.748. The van der Waals surface area contributed by atoms with Gasteiger partial charge >= 0.3 is 0 Å². The van der Waals surface area contributed by atoms with E-state index in [9.17, 15) is 0 Å². The van der Waals surface area contributed by atoms with Gasteiger partial charge in [-0.15, -0.1) is 0 Å². The Morgan fingerprint density at radius 2 is 2.00 bits per heavy atom. The second-order valence-electron chi connectivity index (χ2n) is 5.68. The molecule has 14 heavy (non-hydrogen) atoms. The van der Waals surface area contributed by atoms with Crippen LogP contribution in [0.5, 0.6) is 0 Å². The van der Waals surface area contributed by atoms with Crippen molar-refractivity contribution >= 4 is 0 Å². The number of nitrogens with two attached hydrogens (primary N) is 1. The van der Waals surface area contributed by atoms with E-state index >= 15 is 0 Å². The van der Waals surface area contributed by atoms with Crippen molar-refractivity contribution in [3.05, 3.63) is 0 Å². The first kappa shape index (κ1) is 10.4. The Hall–Kier alpha value is -0.0800. The van der Waals surface area contributed by atoms with Crippen molar-refractivity contribution in [1.82, 2.24) is 4.90 Å². The molecule has 0 aromatic carbocycles. The molecule has 1 aliphatic heterocycles. The predicted molar refractivity (Wildman–Crippen MR) is 60.2 cm³/mol. The Morgan fingerprint density at radius 1 is 1.29 bits per heavy atom. The molecule has 2 fully saturated rings. The fourth-order valence-corrected chi connectivity index (χ4v) is 2.82. The highest BCUT2D eigenvalue weighted by Crippen LogP contribution is 2.40. The molecule has 0 spiro atoms. The number of piperidine rings is 1. The molecule has 0 bridgehead atoms. The average Bonchev–Trinajstić information content (AvgIpc) is 2.91. The molecule has 2 heteroatoms. The summed E-state index contributed by atoms with van der Waals surface area (Å²) in [5, 5.41) is 0. The summed E-state index contributed by atoms with van der Waals surface area (Å²) in [5.74, 6) is 0.869. The van der Waals surface area contributed by atoms with E-state index in [1.54, 1.807) is 0 Å². The second-order valence-corrected chi connectivity index (χ2v) is 5.68. The fourth-order valence-electron chi connectivity index (χ4n) is 2.82. The van der Waals surface area contributed by atoms with Gasteiger partial charge in [-0.05, 0) is 58.4 Å². The normalized spacial score (nSPS) is 33.2. The van der Waals surface area contributed by atoms with E-state index in [0.29, 0.717) is 5.54 Å². The van der Waals surface area contributed by atoms with Crippen LogP contribution in [-0.4, -0.2) is 29.6 Å². The van der Waals surface area contributed by atoms with Crippen LogP contribution in [0.25, 0.3) is 0 Å². The Bertz CT molecular complexity index is 196. The molecule has 82 valence electrons. The van der Waals surface area contributed by atoms with Gasteiger partial charge in [0.2, 0.25) is 0 Å². The van der Waals surface area contributed by atoms with Crippen molar-refractivity contribution in [2.45, 2.75) is 57.5 Å². The van der Waals surface area contributed by atoms with Crippen LogP contribution in [0.2, 0.25) is 0 Å². The molecule has 0 radical (unpaired) electrons. The largest absolute Gasteiger partial charge is 0.330 e. The standard InChI is InChI=1S/C12H24N2/c1-12(2)7-5-10(6-8-13)9-14(12)11-3-4-11/h10-11H,3-9,13H2,1-2H3. The van der Waals surface area contributed by atoms with Crippen LogP contribution in [0.15, 0.2) is 0 Å². The number of likely N-dealkylation sites (tertiary alicyclic amines) is 1. The Kier molecular flexibility index (Phi) is 2.85. The van der Waals surface area contributed by atoms with Gasteiger partial charge in [-0.1, -0.05) is 0 Å². The topological polar surface area (TPSA) is 29.3 Å². The third-order valence-electron chi connectivity index (χ3n) is 3.96. The van der Waals surface area contributed by atoms with Crippen LogP contribution in [0.3, 0.4) is 0 Å². The summed E-state index contributed by atoms with van der Waals surface area (Å²) in [6.07, 6.45) is 6.82. The lowest BCUT2D eigenvalue weighted by Crippen LogP contribution is -2.51. The van der Waals surface area contributed by atoms with E-state index < -0.39 is 0 Å². The lowest BCUT2D eigenvalue weighted by molar-refractivity contribution is 0.0359. The average molecular weight is 196 g/mol. The van der Waals surface area contributed by atoms with Crippen molar-refractivity contribution < 1.29 is 0 Å². The van der Waals surface area contributed by atoms with E-state index in [4.69, 9.17) is 5.73 Å². The summed E-state index contributed by atoms with van der Waals surface area (Å²) >= 11 is 0. The lowest BCUT2D eigenvalue weighted by Gasteiger charge is -2.46. The van der Waals surface area contributed by atoms with Gasteiger partial charge in [0.15, 0.2) is 0 Å². The van der Waals surface area contributed by atoms with Gasteiger partial charge in [-0.25, -0.2) is 0 Å². The minimum Gasteiger partial charge on any atom is -0.330 e. The molecule has 2 rings (SSSR count). The highest BCUT2D eigenvalue weighted by atomic mass is 15.2. The van der Waals surface area contributed by atoms with Crippen molar-refractivity contribution in [3.63, 3.8) is 0 Å². The number of hydrogen-bond donors (Lipinski definition) is 1. The van der Waals surface area contributed by atoms with Crippen LogP contribution in [-0.2, 0) is 0 Å². The predicted octanol–water partition coefficient (Wildman–Crippen LogP) is 1.99. The molecule has 1 atom stereocenters. The minimum absolute atomic E-state index is 0.451. The Morgan fingerprint density at radius 3 is 2.57 bits per heavy atom. The van der Waals surface area contributed by atoms with E-state index in [0.717, 1.165) is 18.5 Å². The van der Waals surface area contributed by atoms with Crippen LogP contribution in [0.1, 0.15) is 46.0 Å². The SMILES string of the molecule is CC1(C)CCC(CCN)CN1C1CC1. The lowest BCUT2D eigenvalue weighted by atomic mass is 9.83. The molecule has 0 aromatic heterocycles. The molecule has 2 aliphatic rings. The third kappa shape index (κ3) is 2.12. The summed E-state index contributed by atoms with van der Waals surface area (Å²) in [6, 6.07) is 0.908. The Labute approximate surface area is 87.8 Å². The molecule has 1 heterocycles. The molecule has 0 amide bonds. The van der Waals surface area contributed by atoms with Gasteiger partial charge in [0, 0.05) is 18.1 Å². The molecular formula is C12H24N2. The van der Waals surface area contributed by atoms with Crippen LogP contribution in [0.4, 0.5) is 0 Å². The van der Waals surface area contributed by atoms with Gasteiger partial charge in [0.1, 0.15) is 0 Å². The van der Waals surface area contributed by atoms with E-state index in [-0.39, 0.29) is 0 Å². The first-order valence-corrected chi connectivity index (χ1v) is 6.10. The smallest absolute Gasteiger partial charge is 0.0156 e. The molecule has 2 N–H and O–H groups in total. The monoisotopic (exact) mass is 196 g/mol.